The lowest BCUT2D eigenvalue weighted by Gasteiger charge is -2.23. The molecule has 2 atom stereocenters. The molecule has 0 aliphatic carbocycles. The Bertz CT molecular complexity index is 1150. The first-order chi connectivity index (χ1) is 17.0. The van der Waals surface area contributed by atoms with Crippen LogP contribution in [0, 0.1) is 0 Å². The Kier molecular flexibility index (Phi) is 9.67. The first-order valence-electron chi connectivity index (χ1n) is 12.4. The van der Waals surface area contributed by atoms with Crippen molar-refractivity contribution in [3.8, 4) is 0 Å². The zero-order valence-corrected chi connectivity index (χ0v) is 22.9. The lowest BCUT2D eigenvalue weighted by atomic mass is 9.85. The quantitative estimate of drug-likeness (QED) is 0.408. The molecule has 2 aromatic carbocycles. The van der Waals surface area contributed by atoms with E-state index >= 15 is 0 Å². The molecule has 2 aromatic rings. The Morgan fingerprint density at radius 2 is 1.59 bits per heavy atom. The van der Waals surface area contributed by atoms with Gasteiger partial charge < -0.3 is 26.4 Å². The lowest BCUT2D eigenvalue weighted by Crippen LogP contribution is -2.46. The van der Waals surface area contributed by atoms with E-state index in [0.717, 1.165) is 16.3 Å². The minimum atomic E-state index is -1.09. The number of rotatable bonds is 9. The third kappa shape index (κ3) is 9.74. The van der Waals surface area contributed by atoms with Gasteiger partial charge in [-0.15, -0.1) is 0 Å². The van der Waals surface area contributed by atoms with E-state index in [1.165, 1.54) is 5.56 Å². The molecule has 4 amide bonds. The Morgan fingerprint density at radius 1 is 0.946 bits per heavy atom. The van der Waals surface area contributed by atoms with Crippen LogP contribution in [0.15, 0.2) is 36.4 Å². The maximum absolute atomic E-state index is 12.7. The van der Waals surface area contributed by atoms with Gasteiger partial charge >= 0.3 is 6.09 Å². The first-order valence-corrected chi connectivity index (χ1v) is 12.4. The summed E-state index contributed by atoms with van der Waals surface area (Å²) in [5.74, 6) is -1.30. The molecule has 0 unspecified atom stereocenters. The van der Waals surface area contributed by atoms with Crippen LogP contribution in [0.5, 0.6) is 0 Å². The van der Waals surface area contributed by atoms with Crippen LogP contribution in [0.1, 0.15) is 72.4 Å². The second kappa shape index (κ2) is 12.1. The summed E-state index contributed by atoms with van der Waals surface area (Å²) in [5, 5.41) is 10.3. The molecule has 0 saturated heterocycles. The molecule has 0 aliphatic heterocycles. The molecular weight excluding hydrogens is 472 g/mol. The average molecular weight is 513 g/mol. The first kappa shape index (κ1) is 29.6. The SMILES string of the molecule is C[C@H](NC(=O)C[C@H](CC(=O)NC(C)(C)C)OC(N)=O)C(=O)NCc1cccc2cc(C(C)(C)C)ccc12. The molecule has 0 bridgehead atoms. The van der Waals surface area contributed by atoms with Crippen molar-refractivity contribution in [2.75, 3.05) is 0 Å². The molecule has 37 heavy (non-hydrogen) atoms. The largest absolute Gasteiger partial charge is 0.445 e. The fourth-order valence-electron chi connectivity index (χ4n) is 3.88. The Balaban J connectivity index is 1.97. The van der Waals surface area contributed by atoms with Gasteiger partial charge in [0.15, 0.2) is 0 Å². The normalized spacial score (nSPS) is 13.4. The highest BCUT2D eigenvalue weighted by Crippen LogP contribution is 2.27. The van der Waals surface area contributed by atoms with Gasteiger partial charge in [-0.2, -0.15) is 0 Å². The highest BCUT2D eigenvalue weighted by Gasteiger charge is 2.25. The van der Waals surface area contributed by atoms with Gasteiger partial charge in [-0.05, 0) is 55.0 Å². The summed E-state index contributed by atoms with van der Waals surface area (Å²) >= 11 is 0. The van der Waals surface area contributed by atoms with Crippen molar-refractivity contribution in [3.05, 3.63) is 47.5 Å². The van der Waals surface area contributed by atoms with E-state index in [9.17, 15) is 19.2 Å². The van der Waals surface area contributed by atoms with E-state index < -0.39 is 29.7 Å². The number of nitrogens with two attached hydrogens (primary N) is 1. The molecule has 9 heteroatoms. The van der Waals surface area contributed by atoms with E-state index in [0.29, 0.717) is 6.54 Å². The van der Waals surface area contributed by atoms with E-state index in [1.807, 2.05) is 39.0 Å². The van der Waals surface area contributed by atoms with Gasteiger partial charge in [-0.1, -0.05) is 57.2 Å². The topological polar surface area (TPSA) is 140 Å². The van der Waals surface area contributed by atoms with E-state index in [1.54, 1.807) is 6.92 Å². The minimum Gasteiger partial charge on any atom is -0.445 e. The van der Waals surface area contributed by atoms with E-state index in [-0.39, 0.29) is 30.1 Å². The molecule has 9 nitrogen and oxygen atoms in total. The molecular formula is C28H40N4O5. The monoisotopic (exact) mass is 512 g/mol. The molecule has 5 N–H and O–H groups in total. The third-order valence-corrected chi connectivity index (χ3v) is 5.68. The summed E-state index contributed by atoms with van der Waals surface area (Å²) in [4.78, 5) is 48.6. The van der Waals surface area contributed by atoms with Gasteiger partial charge in [0, 0.05) is 12.1 Å². The number of amides is 4. The minimum absolute atomic E-state index is 0.0317. The van der Waals surface area contributed by atoms with Crippen LogP contribution in [-0.4, -0.2) is 41.5 Å². The molecule has 0 spiro atoms. The number of benzene rings is 2. The molecule has 0 radical (unpaired) electrons. The number of carbonyl (C=O) groups is 4. The maximum atomic E-state index is 12.7. The van der Waals surface area contributed by atoms with Gasteiger partial charge in [-0.25, -0.2) is 4.79 Å². The van der Waals surface area contributed by atoms with Crippen LogP contribution < -0.4 is 21.7 Å². The van der Waals surface area contributed by atoms with Crippen LogP contribution in [-0.2, 0) is 31.1 Å². The van der Waals surface area contributed by atoms with Crippen molar-refractivity contribution in [2.45, 2.75) is 91.0 Å². The Hall–Kier alpha value is -3.62. The summed E-state index contributed by atoms with van der Waals surface area (Å²) in [7, 11) is 0. The summed E-state index contributed by atoms with van der Waals surface area (Å²) in [5.41, 5.74) is 6.84. The van der Waals surface area contributed by atoms with E-state index in [2.05, 4.69) is 54.9 Å². The number of nitrogens with one attached hydrogen (secondary N) is 3. The number of fused-ring (bicyclic) bond motifs is 1. The summed E-state index contributed by atoms with van der Waals surface area (Å²) in [6, 6.07) is 11.4. The van der Waals surface area contributed by atoms with Crippen molar-refractivity contribution >= 4 is 34.6 Å². The van der Waals surface area contributed by atoms with Crippen LogP contribution in [0.2, 0.25) is 0 Å². The van der Waals surface area contributed by atoms with Crippen LogP contribution in [0.25, 0.3) is 10.8 Å². The van der Waals surface area contributed by atoms with E-state index in [4.69, 9.17) is 10.5 Å². The summed E-state index contributed by atoms with van der Waals surface area (Å²) < 4.78 is 4.94. The predicted molar refractivity (Wildman–Crippen MR) is 144 cm³/mol. The molecule has 2 rings (SSSR count). The zero-order chi connectivity index (χ0) is 28.0. The van der Waals surface area contributed by atoms with Crippen molar-refractivity contribution in [3.63, 3.8) is 0 Å². The molecule has 0 aromatic heterocycles. The molecule has 0 aliphatic rings. The Labute approximate surface area is 218 Å². The van der Waals surface area contributed by atoms with Crippen molar-refractivity contribution in [1.82, 2.24) is 16.0 Å². The molecule has 0 saturated carbocycles. The standard InChI is InChI=1S/C28H40N4O5/c1-17(31-23(33)14-21(37-26(29)36)15-24(34)32-28(5,6)7)25(35)30-16-19-10-8-9-18-13-20(27(2,3)4)11-12-22(18)19/h8-13,17,21H,14-16H2,1-7H3,(H2,29,36)(H,30,35)(H,31,33)(H,32,34)/t17-,21+/m0/s1. The molecule has 202 valence electrons. The van der Waals surface area contributed by atoms with Gasteiger partial charge in [0.2, 0.25) is 17.7 Å². The number of hydrogen-bond donors (Lipinski definition) is 4. The highest BCUT2D eigenvalue weighted by molar-refractivity contribution is 5.89. The van der Waals surface area contributed by atoms with Crippen LogP contribution in [0.3, 0.4) is 0 Å². The Morgan fingerprint density at radius 3 is 2.19 bits per heavy atom. The third-order valence-electron chi connectivity index (χ3n) is 5.68. The number of ether oxygens (including phenoxy) is 1. The second-order valence-corrected chi connectivity index (χ2v) is 11.4. The highest BCUT2D eigenvalue weighted by atomic mass is 16.6. The van der Waals surface area contributed by atoms with Gasteiger partial charge in [0.05, 0.1) is 12.8 Å². The van der Waals surface area contributed by atoms with Crippen molar-refractivity contribution < 1.29 is 23.9 Å². The van der Waals surface area contributed by atoms with Gasteiger partial charge in [0.1, 0.15) is 12.1 Å². The molecule has 0 heterocycles. The maximum Gasteiger partial charge on any atom is 0.404 e. The number of carbonyl (C=O) groups excluding carboxylic acids is 4. The lowest BCUT2D eigenvalue weighted by molar-refractivity contribution is -0.130. The number of hydrogen-bond acceptors (Lipinski definition) is 5. The predicted octanol–water partition coefficient (Wildman–Crippen LogP) is 3.42. The van der Waals surface area contributed by atoms with Crippen molar-refractivity contribution in [1.29, 1.82) is 0 Å². The fourth-order valence-corrected chi connectivity index (χ4v) is 3.88. The smallest absolute Gasteiger partial charge is 0.404 e. The summed E-state index contributed by atoms with van der Waals surface area (Å²) in [6.45, 7) is 13.8. The van der Waals surface area contributed by atoms with Gasteiger partial charge in [0.25, 0.3) is 0 Å². The summed E-state index contributed by atoms with van der Waals surface area (Å²) in [6.07, 6.45) is -2.68. The number of primary amides is 1. The second-order valence-electron chi connectivity index (χ2n) is 11.4. The average Bonchev–Trinajstić information content (AvgIpc) is 2.74. The van der Waals surface area contributed by atoms with Crippen LogP contribution in [0.4, 0.5) is 4.79 Å². The van der Waals surface area contributed by atoms with Crippen molar-refractivity contribution in [2.24, 2.45) is 5.73 Å². The molecule has 0 fully saturated rings. The fraction of sp³-hybridized carbons (Fsp3) is 0.500. The zero-order valence-electron chi connectivity index (χ0n) is 22.9. The van der Waals surface area contributed by atoms with Crippen LogP contribution >= 0.6 is 0 Å². The van der Waals surface area contributed by atoms with Gasteiger partial charge in [-0.3, -0.25) is 14.4 Å².